The highest BCUT2D eigenvalue weighted by Crippen LogP contribution is 2.29. The maximum atomic E-state index is 12.2. The van der Waals surface area contributed by atoms with Crippen LogP contribution in [0.3, 0.4) is 0 Å². The fourth-order valence-corrected chi connectivity index (χ4v) is 3.55. The van der Waals surface area contributed by atoms with Gasteiger partial charge in [0.25, 0.3) is 0 Å². The van der Waals surface area contributed by atoms with E-state index in [2.05, 4.69) is 27.6 Å². The highest BCUT2D eigenvalue weighted by atomic mass is 32.2. The van der Waals surface area contributed by atoms with Crippen molar-refractivity contribution in [2.45, 2.75) is 38.4 Å². The molecule has 0 saturated heterocycles. The lowest BCUT2D eigenvalue weighted by Crippen LogP contribution is -2.33. The van der Waals surface area contributed by atoms with Gasteiger partial charge in [-0.2, -0.15) is 0 Å². The number of ether oxygens (including phenoxy) is 1. The number of amides is 1. The van der Waals surface area contributed by atoms with Crippen molar-refractivity contribution in [2.75, 3.05) is 12.9 Å². The van der Waals surface area contributed by atoms with Crippen LogP contribution in [0, 0.1) is 6.92 Å². The summed E-state index contributed by atoms with van der Waals surface area (Å²) in [6.07, 6.45) is 0.899. The van der Waals surface area contributed by atoms with Crippen LogP contribution in [0.5, 0.6) is 5.75 Å². The summed E-state index contributed by atoms with van der Waals surface area (Å²) in [5.74, 6) is 1.73. The second kappa shape index (κ2) is 9.60. The van der Waals surface area contributed by atoms with Gasteiger partial charge in [-0.15, -0.1) is 10.2 Å². The van der Waals surface area contributed by atoms with Crippen molar-refractivity contribution >= 4 is 17.7 Å². The van der Waals surface area contributed by atoms with Gasteiger partial charge in [0, 0.05) is 17.3 Å². The molecular weight excluding hydrogens is 384 g/mol. The zero-order valence-corrected chi connectivity index (χ0v) is 18.0. The van der Waals surface area contributed by atoms with Gasteiger partial charge in [0.05, 0.1) is 12.9 Å². The van der Waals surface area contributed by atoms with E-state index in [1.54, 1.807) is 7.11 Å². The molecule has 0 radical (unpaired) electrons. The van der Waals surface area contributed by atoms with Crippen LogP contribution >= 0.6 is 11.8 Å². The third-order valence-electron chi connectivity index (χ3n) is 4.61. The topological polar surface area (TPSA) is 69.0 Å². The Morgan fingerprint density at radius 2 is 1.97 bits per heavy atom. The van der Waals surface area contributed by atoms with E-state index >= 15 is 0 Å². The molecule has 0 spiro atoms. The van der Waals surface area contributed by atoms with Crippen LogP contribution in [0.1, 0.15) is 25.8 Å². The van der Waals surface area contributed by atoms with Crippen LogP contribution in [0.2, 0.25) is 0 Å². The normalized spacial score (nSPS) is 11.9. The molecule has 6 nitrogen and oxygen atoms in total. The molecule has 0 aliphatic rings. The summed E-state index contributed by atoms with van der Waals surface area (Å²) in [5.41, 5.74) is 3.02. The van der Waals surface area contributed by atoms with Crippen molar-refractivity contribution in [1.29, 1.82) is 0 Å². The first-order valence-corrected chi connectivity index (χ1v) is 10.6. The minimum atomic E-state index is -0.00858. The lowest BCUT2D eigenvalue weighted by atomic mass is 10.2. The number of thioether (sulfide) groups is 1. The minimum absolute atomic E-state index is 0.00858. The zero-order valence-electron chi connectivity index (χ0n) is 17.2. The van der Waals surface area contributed by atoms with E-state index in [0.29, 0.717) is 11.0 Å². The summed E-state index contributed by atoms with van der Waals surface area (Å²) in [6, 6.07) is 16.0. The van der Waals surface area contributed by atoms with E-state index in [0.717, 1.165) is 23.4 Å². The van der Waals surface area contributed by atoms with Gasteiger partial charge in [-0.25, -0.2) is 0 Å². The van der Waals surface area contributed by atoms with Crippen molar-refractivity contribution in [2.24, 2.45) is 0 Å². The van der Waals surface area contributed by atoms with Crippen molar-refractivity contribution in [1.82, 2.24) is 20.1 Å². The predicted octanol–water partition coefficient (Wildman–Crippen LogP) is 4.26. The SMILES string of the molecule is CC[C@@H](C)NC(=O)CSc1nnc(-c2cccc(OC)c2)n1-c1ccc(C)cc1. The third-order valence-corrected chi connectivity index (χ3v) is 5.53. The number of aromatic nitrogens is 3. The molecule has 7 heteroatoms. The zero-order chi connectivity index (χ0) is 20.8. The molecule has 0 unspecified atom stereocenters. The van der Waals surface area contributed by atoms with Crippen LogP contribution in [0.15, 0.2) is 53.7 Å². The summed E-state index contributed by atoms with van der Waals surface area (Å²) < 4.78 is 7.34. The monoisotopic (exact) mass is 410 g/mol. The summed E-state index contributed by atoms with van der Waals surface area (Å²) in [5, 5.41) is 12.5. The number of nitrogens with zero attached hydrogens (tertiary/aromatic N) is 3. The van der Waals surface area contributed by atoms with Gasteiger partial charge < -0.3 is 10.1 Å². The van der Waals surface area contributed by atoms with Gasteiger partial charge in [-0.05, 0) is 44.5 Å². The summed E-state index contributed by atoms with van der Waals surface area (Å²) in [6.45, 7) is 6.10. The molecule has 1 amide bonds. The Balaban J connectivity index is 1.95. The van der Waals surface area contributed by atoms with E-state index in [9.17, 15) is 4.79 Å². The van der Waals surface area contributed by atoms with Crippen LogP contribution in [-0.2, 0) is 4.79 Å². The molecule has 0 bridgehead atoms. The number of hydrogen-bond acceptors (Lipinski definition) is 5. The van der Waals surface area contributed by atoms with Crippen LogP contribution in [0.25, 0.3) is 17.1 Å². The van der Waals surface area contributed by atoms with E-state index in [4.69, 9.17) is 4.74 Å². The van der Waals surface area contributed by atoms with Crippen molar-refractivity contribution in [3.63, 3.8) is 0 Å². The molecule has 3 aromatic rings. The lowest BCUT2D eigenvalue weighted by molar-refractivity contribution is -0.119. The Kier molecular flexibility index (Phi) is 6.93. The van der Waals surface area contributed by atoms with Crippen molar-refractivity contribution in [3.05, 3.63) is 54.1 Å². The van der Waals surface area contributed by atoms with E-state index in [-0.39, 0.29) is 17.7 Å². The molecule has 1 atom stereocenters. The van der Waals surface area contributed by atoms with E-state index < -0.39 is 0 Å². The molecule has 0 aliphatic heterocycles. The molecule has 0 fully saturated rings. The first kappa shape index (κ1) is 20.9. The summed E-state index contributed by atoms with van der Waals surface area (Å²) in [7, 11) is 1.64. The Labute approximate surface area is 175 Å². The molecule has 1 heterocycles. The molecule has 2 aromatic carbocycles. The van der Waals surface area contributed by atoms with Crippen molar-refractivity contribution in [3.8, 4) is 22.8 Å². The number of hydrogen-bond donors (Lipinski definition) is 1. The number of methoxy groups -OCH3 is 1. The first-order valence-electron chi connectivity index (χ1n) is 9.60. The maximum absolute atomic E-state index is 12.2. The number of aryl methyl sites for hydroxylation is 1. The molecular formula is C22H26N4O2S. The fourth-order valence-electron chi connectivity index (χ4n) is 2.79. The van der Waals surface area contributed by atoms with Gasteiger partial charge in [-0.1, -0.05) is 48.5 Å². The standard InChI is InChI=1S/C22H26N4O2S/c1-5-16(3)23-20(27)14-29-22-25-24-21(17-7-6-8-19(13-17)28-4)26(22)18-11-9-15(2)10-12-18/h6-13,16H,5,14H2,1-4H3,(H,23,27)/t16-/m1/s1. The van der Waals surface area contributed by atoms with Gasteiger partial charge in [0.2, 0.25) is 5.91 Å². The number of carbonyl (C=O) groups excluding carboxylic acids is 1. The van der Waals surface area contributed by atoms with Crippen LogP contribution in [0.4, 0.5) is 0 Å². The van der Waals surface area contributed by atoms with Gasteiger partial charge in [0.15, 0.2) is 11.0 Å². The van der Waals surface area contributed by atoms with E-state index in [1.165, 1.54) is 17.3 Å². The molecule has 1 N–H and O–H groups in total. The second-order valence-corrected chi connectivity index (χ2v) is 7.82. The number of carbonyl (C=O) groups is 1. The van der Waals surface area contributed by atoms with Crippen LogP contribution in [-0.4, -0.2) is 39.6 Å². The maximum Gasteiger partial charge on any atom is 0.230 e. The molecule has 1 aromatic heterocycles. The number of benzene rings is 2. The third kappa shape index (κ3) is 5.17. The average Bonchev–Trinajstić information content (AvgIpc) is 3.16. The van der Waals surface area contributed by atoms with Gasteiger partial charge in [-0.3, -0.25) is 9.36 Å². The predicted molar refractivity (Wildman–Crippen MR) is 117 cm³/mol. The van der Waals surface area contributed by atoms with Gasteiger partial charge in [0.1, 0.15) is 5.75 Å². The molecule has 152 valence electrons. The highest BCUT2D eigenvalue weighted by Gasteiger charge is 2.18. The highest BCUT2D eigenvalue weighted by molar-refractivity contribution is 7.99. The summed E-state index contributed by atoms with van der Waals surface area (Å²) in [4.78, 5) is 12.2. The molecule has 29 heavy (non-hydrogen) atoms. The average molecular weight is 411 g/mol. The summed E-state index contributed by atoms with van der Waals surface area (Å²) >= 11 is 1.38. The Morgan fingerprint density at radius 1 is 1.21 bits per heavy atom. The smallest absolute Gasteiger partial charge is 0.230 e. The quantitative estimate of drug-likeness (QED) is 0.562. The Morgan fingerprint density at radius 3 is 2.66 bits per heavy atom. The first-order chi connectivity index (χ1) is 14.0. The lowest BCUT2D eigenvalue weighted by Gasteiger charge is -2.13. The number of nitrogens with one attached hydrogen (secondary N) is 1. The number of rotatable bonds is 8. The second-order valence-electron chi connectivity index (χ2n) is 6.87. The molecule has 0 aliphatic carbocycles. The van der Waals surface area contributed by atoms with Gasteiger partial charge >= 0.3 is 0 Å². The Bertz CT molecular complexity index is 969. The Hall–Kier alpha value is -2.80. The fraction of sp³-hybridized carbons (Fsp3) is 0.318. The van der Waals surface area contributed by atoms with Crippen molar-refractivity contribution < 1.29 is 9.53 Å². The molecule has 3 rings (SSSR count). The van der Waals surface area contributed by atoms with E-state index in [1.807, 2.05) is 61.7 Å². The van der Waals surface area contributed by atoms with Crippen LogP contribution < -0.4 is 10.1 Å². The largest absolute Gasteiger partial charge is 0.497 e. The molecule has 0 saturated carbocycles. The minimum Gasteiger partial charge on any atom is -0.497 e.